The van der Waals surface area contributed by atoms with E-state index in [-0.39, 0.29) is 42.4 Å². The lowest BCUT2D eigenvalue weighted by atomic mass is 9.87. The predicted octanol–water partition coefficient (Wildman–Crippen LogP) is 6.67. The number of anilines is 1. The number of nitrogens with zero attached hydrogens (tertiary/aromatic N) is 3. The van der Waals surface area contributed by atoms with Gasteiger partial charge in [0.05, 0.1) is 10.6 Å². The SMILES string of the molecule is Cl.Cl.O=C(OCCN1CCN(CCN2CCCC(c3ccc(F)cc3)c3ccc(F)cc32)CC1)c1ccccc1Cl. The van der Waals surface area contributed by atoms with Gasteiger partial charge < -0.3 is 9.64 Å². The molecule has 3 aromatic carbocycles. The van der Waals surface area contributed by atoms with Gasteiger partial charge in [0.2, 0.25) is 0 Å². The number of esters is 1. The van der Waals surface area contributed by atoms with Crippen LogP contribution in [0.2, 0.25) is 5.02 Å². The van der Waals surface area contributed by atoms with E-state index in [4.69, 9.17) is 16.3 Å². The summed E-state index contributed by atoms with van der Waals surface area (Å²) < 4.78 is 33.3. The van der Waals surface area contributed by atoms with Crippen molar-refractivity contribution in [1.82, 2.24) is 9.80 Å². The van der Waals surface area contributed by atoms with Gasteiger partial charge in [-0.15, -0.1) is 24.8 Å². The van der Waals surface area contributed by atoms with Crippen LogP contribution in [0.4, 0.5) is 14.5 Å². The van der Waals surface area contributed by atoms with Gasteiger partial charge in [-0.1, -0.05) is 41.9 Å². The summed E-state index contributed by atoms with van der Waals surface area (Å²) in [6.45, 7) is 7.27. The molecule has 0 saturated carbocycles. The first-order valence-corrected chi connectivity index (χ1v) is 14.0. The van der Waals surface area contributed by atoms with E-state index >= 15 is 0 Å². The molecule has 1 fully saturated rings. The summed E-state index contributed by atoms with van der Waals surface area (Å²) in [4.78, 5) is 19.3. The third-order valence-corrected chi connectivity index (χ3v) is 8.12. The van der Waals surface area contributed by atoms with E-state index in [1.54, 1.807) is 30.3 Å². The molecule has 0 radical (unpaired) electrons. The van der Waals surface area contributed by atoms with Gasteiger partial charge in [0.15, 0.2) is 0 Å². The van der Waals surface area contributed by atoms with Crippen molar-refractivity contribution in [3.05, 3.63) is 100 Å². The van der Waals surface area contributed by atoms with Gasteiger partial charge in [-0.2, -0.15) is 0 Å². The standard InChI is InChI=1S/C31H34ClF2N3O2.2ClH/c32-29-6-2-1-4-28(29)31(38)39-21-20-36-16-14-35(15-17-36)18-19-37-13-3-5-26(23-7-9-24(33)10-8-23)27-12-11-25(34)22-30(27)37;;/h1-2,4,6-12,22,26H,3,5,13-21H2;2*1H. The molecule has 2 aliphatic rings. The zero-order chi connectivity index (χ0) is 27.2. The maximum Gasteiger partial charge on any atom is 0.339 e. The highest BCUT2D eigenvalue weighted by Gasteiger charge is 2.26. The normalized spacial score (nSPS) is 17.5. The molecular weight excluding hydrogens is 591 g/mol. The summed E-state index contributed by atoms with van der Waals surface area (Å²) in [5.41, 5.74) is 3.51. The number of ether oxygens (including phenoxy) is 1. The van der Waals surface area contributed by atoms with Crippen molar-refractivity contribution in [2.75, 3.05) is 63.9 Å². The van der Waals surface area contributed by atoms with Gasteiger partial charge in [-0.3, -0.25) is 9.80 Å². The third kappa shape index (κ3) is 8.55. The van der Waals surface area contributed by atoms with Gasteiger partial charge >= 0.3 is 5.97 Å². The molecule has 10 heteroatoms. The van der Waals surface area contributed by atoms with Gasteiger partial charge in [-0.25, -0.2) is 13.6 Å². The number of benzene rings is 3. The zero-order valence-corrected chi connectivity index (χ0v) is 25.2. The van der Waals surface area contributed by atoms with Crippen LogP contribution in [0.1, 0.15) is 40.2 Å². The van der Waals surface area contributed by atoms with Crippen molar-refractivity contribution in [1.29, 1.82) is 0 Å². The highest BCUT2D eigenvalue weighted by molar-refractivity contribution is 6.33. The van der Waals surface area contributed by atoms with Gasteiger partial charge in [-0.05, 0) is 60.4 Å². The Kier molecular flexibility index (Phi) is 12.7. The number of carbonyl (C=O) groups is 1. The molecule has 0 amide bonds. The van der Waals surface area contributed by atoms with Gasteiger partial charge in [0.25, 0.3) is 0 Å². The summed E-state index contributed by atoms with van der Waals surface area (Å²) in [6.07, 6.45) is 1.93. The summed E-state index contributed by atoms with van der Waals surface area (Å²) in [5.74, 6) is -0.745. The fraction of sp³-hybridized carbons (Fsp3) is 0.387. The molecule has 0 bridgehead atoms. The summed E-state index contributed by atoms with van der Waals surface area (Å²) in [7, 11) is 0. The number of piperazine rings is 1. The average molecular weight is 627 g/mol. The van der Waals surface area contributed by atoms with E-state index in [2.05, 4.69) is 14.7 Å². The Morgan fingerprint density at radius 2 is 1.49 bits per heavy atom. The Balaban J connectivity index is 0.00000231. The molecule has 41 heavy (non-hydrogen) atoms. The van der Waals surface area contributed by atoms with E-state index < -0.39 is 5.97 Å². The monoisotopic (exact) mass is 625 g/mol. The number of rotatable bonds is 8. The fourth-order valence-electron chi connectivity index (χ4n) is 5.59. The molecule has 5 rings (SSSR count). The molecule has 2 aliphatic heterocycles. The second-order valence-electron chi connectivity index (χ2n) is 10.2. The van der Waals surface area contributed by atoms with E-state index in [1.807, 2.05) is 18.2 Å². The second kappa shape index (κ2) is 15.7. The van der Waals surface area contributed by atoms with E-state index in [1.165, 1.54) is 18.2 Å². The maximum absolute atomic E-state index is 14.4. The van der Waals surface area contributed by atoms with Crippen molar-refractivity contribution in [3.63, 3.8) is 0 Å². The number of hydrogen-bond acceptors (Lipinski definition) is 5. The second-order valence-corrected chi connectivity index (χ2v) is 10.6. The lowest BCUT2D eigenvalue weighted by Crippen LogP contribution is -2.49. The Hall–Kier alpha value is -2.42. The number of fused-ring (bicyclic) bond motifs is 1. The van der Waals surface area contributed by atoms with Crippen LogP contribution in [0.3, 0.4) is 0 Å². The fourth-order valence-corrected chi connectivity index (χ4v) is 5.80. The van der Waals surface area contributed by atoms with E-state index in [9.17, 15) is 13.6 Å². The van der Waals surface area contributed by atoms with Crippen LogP contribution in [0, 0.1) is 11.6 Å². The molecule has 1 saturated heterocycles. The van der Waals surface area contributed by atoms with Crippen LogP contribution in [-0.2, 0) is 4.74 Å². The van der Waals surface area contributed by atoms with Crippen molar-refractivity contribution in [3.8, 4) is 0 Å². The number of carbonyl (C=O) groups excluding carboxylic acids is 1. The Labute approximate surface area is 258 Å². The van der Waals surface area contributed by atoms with Crippen LogP contribution in [0.5, 0.6) is 0 Å². The molecular formula is C31H36Cl3F2N3O2. The van der Waals surface area contributed by atoms with Gasteiger partial charge in [0.1, 0.15) is 18.2 Å². The molecule has 222 valence electrons. The molecule has 2 heterocycles. The molecule has 5 nitrogen and oxygen atoms in total. The topological polar surface area (TPSA) is 36.0 Å². The smallest absolute Gasteiger partial charge is 0.339 e. The first-order valence-electron chi connectivity index (χ1n) is 13.6. The minimum Gasteiger partial charge on any atom is -0.461 e. The highest BCUT2D eigenvalue weighted by Crippen LogP contribution is 2.39. The first-order chi connectivity index (χ1) is 19.0. The molecule has 0 aliphatic carbocycles. The van der Waals surface area contributed by atoms with Gasteiger partial charge in [0, 0.05) is 64.0 Å². The van der Waals surface area contributed by atoms with Crippen LogP contribution >= 0.6 is 36.4 Å². The molecule has 0 aromatic heterocycles. The maximum atomic E-state index is 14.4. The Morgan fingerprint density at radius 3 is 2.20 bits per heavy atom. The van der Waals surface area contributed by atoms with Crippen molar-refractivity contribution in [2.24, 2.45) is 0 Å². The minimum absolute atomic E-state index is 0. The number of halogens is 5. The molecule has 1 unspecified atom stereocenters. The Morgan fingerprint density at radius 1 is 0.829 bits per heavy atom. The van der Waals surface area contributed by atoms with Crippen molar-refractivity contribution < 1.29 is 18.3 Å². The Bertz CT molecular complexity index is 1270. The quantitative estimate of drug-likeness (QED) is 0.261. The third-order valence-electron chi connectivity index (χ3n) is 7.79. The average Bonchev–Trinajstić information content (AvgIpc) is 3.12. The first kappa shape index (κ1) is 33.1. The van der Waals surface area contributed by atoms with E-state index in [0.717, 1.165) is 75.5 Å². The molecule has 0 spiro atoms. The van der Waals surface area contributed by atoms with Crippen LogP contribution < -0.4 is 4.90 Å². The molecule has 0 N–H and O–H groups in total. The molecule has 1 atom stereocenters. The lowest BCUT2D eigenvalue weighted by Gasteiger charge is -2.36. The van der Waals surface area contributed by atoms with Crippen LogP contribution in [0.25, 0.3) is 0 Å². The predicted molar refractivity (Wildman–Crippen MR) is 165 cm³/mol. The summed E-state index contributed by atoms with van der Waals surface area (Å²) in [5, 5.41) is 0.400. The lowest BCUT2D eigenvalue weighted by molar-refractivity contribution is 0.0424. The number of hydrogen-bond donors (Lipinski definition) is 0. The molecule has 3 aromatic rings. The highest BCUT2D eigenvalue weighted by atomic mass is 35.5. The van der Waals surface area contributed by atoms with Crippen LogP contribution in [0.15, 0.2) is 66.7 Å². The summed E-state index contributed by atoms with van der Waals surface area (Å²) >= 11 is 6.08. The summed E-state index contributed by atoms with van der Waals surface area (Å²) in [6, 6.07) is 18.7. The largest absolute Gasteiger partial charge is 0.461 e. The zero-order valence-electron chi connectivity index (χ0n) is 22.8. The van der Waals surface area contributed by atoms with Crippen molar-refractivity contribution >= 4 is 48.1 Å². The van der Waals surface area contributed by atoms with Crippen LogP contribution in [-0.4, -0.2) is 74.7 Å². The van der Waals surface area contributed by atoms with Crippen molar-refractivity contribution in [2.45, 2.75) is 18.8 Å². The van der Waals surface area contributed by atoms with E-state index in [0.29, 0.717) is 23.7 Å². The minimum atomic E-state index is -0.393.